The molecule has 1 spiro atoms. The average molecular weight is 400 g/mol. The van der Waals surface area contributed by atoms with Crippen molar-refractivity contribution in [3.8, 4) is 17.0 Å². The van der Waals surface area contributed by atoms with Crippen molar-refractivity contribution < 1.29 is 28.8 Å². The van der Waals surface area contributed by atoms with Crippen molar-refractivity contribution in [1.82, 2.24) is 0 Å². The van der Waals surface area contributed by atoms with Crippen molar-refractivity contribution in [2.24, 2.45) is 11.1 Å². The molecule has 1 aromatic heterocycles. The fraction of sp³-hybridized carbons (Fsp3) is 0.429. The number of nitrogens with two attached hydrogens (primary N) is 1. The van der Waals surface area contributed by atoms with Crippen molar-refractivity contribution >= 4 is 6.09 Å². The van der Waals surface area contributed by atoms with E-state index in [1.807, 2.05) is 19.9 Å². The van der Waals surface area contributed by atoms with E-state index in [4.69, 9.17) is 19.9 Å². The highest BCUT2D eigenvalue weighted by molar-refractivity contribution is 5.65. The fourth-order valence-electron chi connectivity index (χ4n) is 4.29. The van der Waals surface area contributed by atoms with E-state index < -0.39 is 24.1 Å². The summed E-state index contributed by atoms with van der Waals surface area (Å²) in [7, 11) is 0. The first-order chi connectivity index (χ1) is 13.7. The van der Waals surface area contributed by atoms with Gasteiger partial charge in [0, 0.05) is 29.7 Å². The molecular formula is C21H24N2O6. The second kappa shape index (κ2) is 6.89. The van der Waals surface area contributed by atoms with Gasteiger partial charge in [0.15, 0.2) is 12.3 Å². The van der Waals surface area contributed by atoms with Crippen LogP contribution in [0.25, 0.3) is 11.3 Å². The monoisotopic (exact) mass is 400 g/mol. The number of aliphatic hydroxyl groups excluding tert-OH is 1. The molecule has 8 nitrogen and oxygen atoms in total. The number of nitrogens with zero attached hydrogens (tertiary/aromatic N) is 1. The molecule has 154 valence electrons. The minimum Gasteiger partial charge on any atom is -0.618 e. The third kappa shape index (κ3) is 3.61. The number of aliphatic hydroxyl groups is 1. The number of hydrogen-bond donors (Lipinski definition) is 2. The van der Waals surface area contributed by atoms with E-state index in [9.17, 15) is 15.1 Å². The predicted molar refractivity (Wildman–Crippen MR) is 102 cm³/mol. The van der Waals surface area contributed by atoms with Gasteiger partial charge in [-0.05, 0) is 36.1 Å². The summed E-state index contributed by atoms with van der Waals surface area (Å²) in [6.45, 7) is 4.17. The number of primary amides is 1. The molecule has 1 aromatic carbocycles. The summed E-state index contributed by atoms with van der Waals surface area (Å²) >= 11 is 0. The van der Waals surface area contributed by atoms with E-state index in [-0.39, 0.29) is 12.0 Å². The molecule has 3 N–H and O–H groups in total. The summed E-state index contributed by atoms with van der Waals surface area (Å²) in [6.07, 6.45) is -0.670. The molecule has 0 radical (unpaired) electrons. The molecular weight excluding hydrogens is 376 g/mol. The first-order valence-electron chi connectivity index (χ1n) is 9.48. The highest BCUT2D eigenvalue weighted by Crippen LogP contribution is 2.48. The maximum absolute atomic E-state index is 12.0. The number of carbonyl (C=O) groups excluding carboxylic acids is 1. The van der Waals surface area contributed by atoms with Crippen LogP contribution >= 0.6 is 0 Å². The van der Waals surface area contributed by atoms with Crippen LogP contribution in [0.4, 0.5) is 4.79 Å². The number of aromatic nitrogens is 1. The molecule has 1 amide bonds. The predicted octanol–water partition coefficient (Wildman–Crippen LogP) is 2.24. The number of ether oxygens (including phenoxy) is 3. The van der Waals surface area contributed by atoms with Crippen LogP contribution in [0.5, 0.6) is 5.75 Å². The quantitative estimate of drug-likeness (QED) is 0.590. The zero-order valence-corrected chi connectivity index (χ0v) is 16.3. The Balaban J connectivity index is 1.65. The lowest BCUT2D eigenvalue weighted by atomic mass is 9.71. The molecule has 1 fully saturated rings. The van der Waals surface area contributed by atoms with Crippen LogP contribution in [0.3, 0.4) is 0 Å². The average Bonchev–Trinajstić information content (AvgIpc) is 2.65. The van der Waals surface area contributed by atoms with E-state index in [2.05, 4.69) is 0 Å². The summed E-state index contributed by atoms with van der Waals surface area (Å²) in [5.41, 5.74) is 6.88. The van der Waals surface area contributed by atoms with Gasteiger partial charge < -0.3 is 30.3 Å². The smallest absolute Gasteiger partial charge is 0.404 e. The van der Waals surface area contributed by atoms with Gasteiger partial charge >= 0.3 is 6.09 Å². The number of hydrogen-bond acceptors (Lipinski definition) is 6. The molecule has 29 heavy (non-hydrogen) atoms. The number of fused-ring (bicyclic) bond motifs is 1. The molecule has 2 aromatic rings. The highest BCUT2D eigenvalue weighted by atomic mass is 16.7. The van der Waals surface area contributed by atoms with Crippen LogP contribution in [0.15, 0.2) is 42.6 Å². The number of amides is 1. The van der Waals surface area contributed by atoms with Crippen molar-refractivity contribution in [2.75, 3.05) is 0 Å². The SMILES string of the molecule is CC1(C)C[C@@H](OC(N)=O)[C@@H](O)[C@]2(C1)OCc1cc(-c3cccc[n+]3[O-])ccc1O2. The molecule has 0 saturated heterocycles. The van der Waals surface area contributed by atoms with Crippen molar-refractivity contribution in [3.63, 3.8) is 0 Å². The lowest BCUT2D eigenvalue weighted by molar-refractivity contribution is -0.593. The van der Waals surface area contributed by atoms with E-state index >= 15 is 0 Å². The number of pyridine rings is 1. The van der Waals surface area contributed by atoms with Crippen LogP contribution in [0.1, 0.15) is 32.3 Å². The molecule has 1 aliphatic carbocycles. The molecule has 0 bridgehead atoms. The van der Waals surface area contributed by atoms with Gasteiger partial charge in [-0.15, -0.1) is 0 Å². The molecule has 1 saturated carbocycles. The Morgan fingerprint density at radius 2 is 2.14 bits per heavy atom. The molecule has 0 unspecified atom stereocenters. The first kappa shape index (κ1) is 19.5. The lowest BCUT2D eigenvalue weighted by Gasteiger charge is -2.51. The molecule has 3 atom stereocenters. The van der Waals surface area contributed by atoms with Gasteiger partial charge in [-0.25, -0.2) is 4.79 Å². The lowest BCUT2D eigenvalue weighted by Crippen LogP contribution is -2.63. The summed E-state index contributed by atoms with van der Waals surface area (Å²) in [5, 5.41) is 22.9. The minimum atomic E-state index is -1.35. The first-order valence-corrected chi connectivity index (χ1v) is 9.48. The molecule has 2 aliphatic rings. The van der Waals surface area contributed by atoms with E-state index in [0.717, 1.165) is 15.9 Å². The molecule has 1 aliphatic heterocycles. The summed E-state index contributed by atoms with van der Waals surface area (Å²) in [6, 6.07) is 10.6. The van der Waals surface area contributed by atoms with Crippen molar-refractivity contribution in [1.29, 1.82) is 0 Å². The van der Waals surface area contributed by atoms with E-state index in [0.29, 0.717) is 24.3 Å². The third-order valence-corrected chi connectivity index (χ3v) is 5.48. The zero-order valence-electron chi connectivity index (χ0n) is 16.3. The zero-order chi connectivity index (χ0) is 20.8. The highest BCUT2D eigenvalue weighted by Gasteiger charge is 2.57. The van der Waals surface area contributed by atoms with Gasteiger partial charge in [0.05, 0.1) is 6.61 Å². The second-order valence-electron chi connectivity index (χ2n) is 8.40. The maximum atomic E-state index is 12.0. The Bertz CT molecular complexity index is 947. The van der Waals surface area contributed by atoms with Gasteiger partial charge in [-0.2, -0.15) is 4.73 Å². The Labute approximate surface area is 168 Å². The molecule has 8 heteroatoms. The minimum absolute atomic E-state index is 0.186. The Kier molecular flexibility index (Phi) is 4.63. The number of rotatable bonds is 2. The summed E-state index contributed by atoms with van der Waals surface area (Å²) in [5.74, 6) is -0.787. The summed E-state index contributed by atoms with van der Waals surface area (Å²) < 4.78 is 18.1. The largest absolute Gasteiger partial charge is 0.618 e. The normalized spacial score (nSPS) is 27.7. The van der Waals surface area contributed by atoms with Crippen molar-refractivity contribution in [2.45, 2.75) is 51.3 Å². The van der Waals surface area contributed by atoms with Crippen LogP contribution in [0.2, 0.25) is 0 Å². The number of benzene rings is 1. The van der Waals surface area contributed by atoms with Gasteiger partial charge in [0.1, 0.15) is 11.9 Å². The summed E-state index contributed by atoms with van der Waals surface area (Å²) in [4.78, 5) is 11.3. The Hall–Kier alpha value is -2.84. The van der Waals surface area contributed by atoms with Crippen molar-refractivity contribution in [3.05, 3.63) is 53.4 Å². The topological polar surface area (TPSA) is 118 Å². The second-order valence-corrected chi connectivity index (χ2v) is 8.40. The van der Waals surface area contributed by atoms with Gasteiger partial charge in [-0.1, -0.05) is 13.8 Å². The number of carbonyl (C=O) groups is 1. The van der Waals surface area contributed by atoms with Crippen LogP contribution < -0.4 is 15.2 Å². The molecule has 4 rings (SSSR count). The maximum Gasteiger partial charge on any atom is 0.404 e. The van der Waals surface area contributed by atoms with Crippen LogP contribution in [-0.4, -0.2) is 29.2 Å². The van der Waals surface area contributed by atoms with Crippen LogP contribution in [-0.2, 0) is 16.1 Å². The Morgan fingerprint density at radius 3 is 2.86 bits per heavy atom. The standard InChI is InChI=1S/C21H24N2O6/c1-20(2)10-17(28-19(22)25)18(24)21(12-20)27-11-14-9-13(6-7-16(14)29-21)15-5-3-4-8-23(15)26/h3-9,17-18,24H,10-12H2,1-2H3,(H2,22,25)/t17-,18-,21-/m1/s1. The Morgan fingerprint density at radius 1 is 1.34 bits per heavy atom. The van der Waals surface area contributed by atoms with Gasteiger partial charge in [0.25, 0.3) is 0 Å². The van der Waals surface area contributed by atoms with E-state index in [1.54, 1.807) is 30.3 Å². The fourth-order valence-corrected chi connectivity index (χ4v) is 4.29. The van der Waals surface area contributed by atoms with E-state index in [1.165, 1.54) is 6.20 Å². The third-order valence-electron chi connectivity index (χ3n) is 5.48. The molecule has 2 heterocycles. The van der Waals surface area contributed by atoms with Gasteiger partial charge in [0.2, 0.25) is 11.5 Å². The van der Waals surface area contributed by atoms with Crippen LogP contribution in [0, 0.1) is 10.6 Å². The van der Waals surface area contributed by atoms with Gasteiger partial charge in [-0.3, -0.25) is 0 Å².